The van der Waals surface area contributed by atoms with Crippen molar-refractivity contribution >= 4 is 29.3 Å². The highest BCUT2D eigenvalue weighted by Crippen LogP contribution is 2.45. The van der Waals surface area contributed by atoms with Crippen LogP contribution in [0.5, 0.6) is 5.75 Å². The smallest absolute Gasteiger partial charge is 0.256 e. The zero-order valence-corrected chi connectivity index (χ0v) is 19.9. The van der Waals surface area contributed by atoms with E-state index in [0.717, 1.165) is 56.4 Å². The summed E-state index contributed by atoms with van der Waals surface area (Å²) in [5.41, 5.74) is 1.45. The molecular formula is C24H31ClN6O2. The molecule has 5 rings (SSSR count). The second kappa shape index (κ2) is 9.35. The normalized spacial score (nSPS) is 22.7. The van der Waals surface area contributed by atoms with Gasteiger partial charge in [0.25, 0.3) is 5.91 Å². The second-order valence-electron chi connectivity index (χ2n) is 9.47. The molecule has 2 N–H and O–H groups in total. The van der Waals surface area contributed by atoms with Gasteiger partial charge in [-0.25, -0.2) is 4.98 Å². The first-order valence-corrected chi connectivity index (χ1v) is 12.1. The van der Waals surface area contributed by atoms with Crippen LogP contribution in [0.2, 0.25) is 5.02 Å². The Bertz CT molecular complexity index is 1020. The van der Waals surface area contributed by atoms with Crippen LogP contribution >= 0.6 is 11.6 Å². The van der Waals surface area contributed by atoms with Crippen LogP contribution in [-0.2, 0) is 6.54 Å². The van der Waals surface area contributed by atoms with Crippen LogP contribution in [0.15, 0.2) is 24.4 Å². The molecule has 3 fully saturated rings. The Kier molecular flexibility index (Phi) is 6.29. The van der Waals surface area contributed by atoms with Crippen LogP contribution in [0.4, 0.5) is 11.8 Å². The van der Waals surface area contributed by atoms with Crippen molar-refractivity contribution in [2.24, 2.45) is 11.8 Å². The summed E-state index contributed by atoms with van der Waals surface area (Å²) in [6.45, 7) is 4.46. The van der Waals surface area contributed by atoms with E-state index in [1.54, 1.807) is 13.3 Å². The highest BCUT2D eigenvalue weighted by molar-refractivity contribution is 6.32. The van der Waals surface area contributed by atoms with Crippen LogP contribution in [-0.4, -0.2) is 67.2 Å². The third-order valence-electron chi connectivity index (χ3n) is 7.01. The fraction of sp³-hybridized carbons (Fsp3) is 0.542. The summed E-state index contributed by atoms with van der Waals surface area (Å²) in [7, 11) is 3.71. The van der Waals surface area contributed by atoms with Crippen LogP contribution in [0, 0.1) is 11.8 Å². The van der Waals surface area contributed by atoms with Crippen molar-refractivity contribution in [3.8, 4) is 5.75 Å². The summed E-state index contributed by atoms with van der Waals surface area (Å²) < 4.78 is 5.24. The van der Waals surface area contributed by atoms with Gasteiger partial charge in [0.2, 0.25) is 5.95 Å². The number of nitrogens with one attached hydrogen (secondary N) is 2. The van der Waals surface area contributed by atoms with Crippen molar-refractivity contribution in [3.05, 3.63) is 40.5 Å². The average Bonchev–Trinajstić information content (AvgIpc) is 3.43. The molecule has 1 saturated carbocycles. The van der Waals surface area contributed by atoms with E-state index in [4.69, 9.17) is 21.3 Å². The summed E-state index contributed by atoms with van der Waals surface area (Å²) in [5.74, 6) is 3.30. The van der Waals surface area contributed by atoms with Crippen molar-refractivity contribution in [2.75, 3.05) is 50.6 Å². The maximum atomic E-state index is 13.2. The van der Waals surface area contributed by atoms with Crippen LogP contribution in [0.3, 0.4) is 0 Å². The van der Waals surface area contributed by atoms with E-state index < -0.39 is 0 Å². The lowest BCUT2D eigenvalue weighted by Gasteiger charge is -2.29. The molecule has 2 unspecified atom stereocenters. The van der Waals surface area contributed by atoms with Gasteiger partial charge < -0.3 is 25.2 Å². The Balaban J connectivity index is 1.34. The molecule has 9 heteroatoms. The molecule has 0 bridgehead atoms. The molecule has 33 heavy (non-hydrogen) atoms. The number of hydrogen-bond acceptors (Lipinski definition) is 7. The van der Waals surface area contributed by atoms with Crippen molar-refractivity contribution < 1.29 is 9.53 Å². The number of piperidine rings is 2. The SMILES string of the molecule is COc1ccc(CNc2nc(N3CC4CC4C3)ncc2C(=O)NC2CCN(C)CC2)cc1Cl. The van der Waals surface area contributed by atoms with Crippen LogP contribution < -0.4 is 20.3 Å². The standard InChI is InChI=1S/C24H31ClN6O2/c1-30-7-5-18(6-8-30)28-23(32)19-12-27-24(31-13-16-10-17(16)14-31)29-22(19)26-11-15-3-4-21(33-2)20(25)9-15/h3-4,9,12,16-18H,5-8,10-11,13-14H2,1-2H3,(H,28,32)(H,26,27,29). The maximum absolute atomic E-state index is 13.2. The number of ether oxygens (including phenoxy) is 1. The van der Waals surface area contributed by atoms with Gasteiger partial charge in [0.1, 0.15) is 17.1 Å². The fourth-order valence-electron chi connectivity index (χ4n) is 4.81. The fourth-order valence-corrected chi connectivity index (χ4v) is 5.09. The number of rotatable bonds is 7. The summed E-state index contributed by atoms with van der Waals surface area (Å²) in [4.78, 5) is 27.0. The van der Waals surface area contributed by atoms with Gasteiger partial charge in [-0.1, -0.05) is 17.7 Å². The number of carbonyl (C=O) groups excluding carboxylic acids is 1. The number of benzene rings is 1. The number of nitrogens with zero attached hydrogens (tertiary/aromatic N) is 4. The van der Waals surface area contributed by atoms with Crippen molar-refractivity contribution in [1.82, 2.24) is 20.2 Å². The lowest BCUT2D eigenvalue weighted by Crippen LogP contribution is -2.43. The first-order valence-electron chi connectivity index (χ1n) is 11.7. The summed E-state index contributed by atoms with van der Waals surface area (Å²) in [6.07, 6.45) is 4.88. The number of anilines is 2. The first-order chi connectivity index (χ1) is 16.0. The third kappa shape index (κ3) is 5.01. The lowest BCUT2D eigenvalue weighted by atomic mass is 10.1. The third-order valence-corrected chi connectivity index (χ3v) is 7.31. The van der Waals surface area contributed by atoms with E-state index in [1.165, 1.54) is 6.42 Å². The average molecular weight is 471 g/mol. The predicted molar refractivity (Wildman–Crippen MR) is 129 cm³/mol. The zero-order chi connectivity index (χ0) is 22.9. The molecule has 3 aliphatic rings. The van der Waals surface area contributed by atoms with Crippen molar-refractivity contribution in [2.45, 2.75) is 31.8 Å². The highest BCUT2D eigenvalue weighted by Gasteiger charge is 2.46. The number of aromatic nitrogens is 2. The number of likely N-dealkylation sites (tertiary alicyclic amines) is 1. The Morgan fingerprint density at radius 3 is 2.70 bits per heavy atom. The second-order valence-corrected chi connectivity index (χ2v) is 9.87. The Morgan fingerprint density at radius 1 is 1.24 bits per heavy atom. The number of methoxy groups -OCH3 is 1. The maximum Gasteiger partial charge on any atom is 0.256 e. The van der Waals surface area contributed by atoms with E-state index in [2.05, 4.69) is 32.5 Å². The minimum atomic E-state index is -0.129. The van der Waals surface area contributed by atoms with Crippen LogP contribution in [0.25, 0.3) is 0 Å². The molecule has 2 aliphatic heterocycles. The van der Waals surface area contributed by atoms with Gasteiger partial charge in [-0.3, -0.25) is 4.79 Å². The van der Waals surface area contributed by atoms with Gasteiger partial charge in [0, 0.05) is 31.9 Å². The van der Waals surface area contributed by atoms with Gasteiger partial charge in [0.05, 0.1) is 12.1 Å². The molecule has 2 aromatic rings. The first kappa shape index (κ1) is 22.2. The molecule has 2 saturated heterocycles. The van der Waals surface area contributed by atoms with Gasteiger partial charge in [-0.05, 0) is 68.9 Å². The van der Waals surface area contributed by atoms with Crippen LogP contribution in [0.1, 0.15) is 35.2 Å². The number of amides is 1. The van der Waals surface area contributed by atoms with Crippen molar-refractivity contribution in [3.63, 3.8) is 0 Å². The largest absolute Gasteiger partial charge is 0.495 e. The van der Waals surface area contributed by atoms with E-state index in [1.807, 2.05) is 18.2 Å². The minimum Gasteiger partial charge on any atom is -0.495 e. The summed E-state index contributed by atoms with van der Waals surface area (Å²) in [6, 6.07) is 5.83. The van der Waals surface area contributed by atoms with Gasteiger partial charge in [0.15, 0.2) is 0 Å². The summed E-state index contributed by atoms with van der Waals surface area (Å²) >= 11 is 6.29. The Hall–Kier alpha value is -2.58. The molecule has 1 amide bonds. The number of carbonyl (C=O) groups is 1. The highest BCUT2D eigenvalue weighted by atomic mass is 35.5. The lowest BCUT2D eigenvalue weighted by molar-refractivity contribution is 0.0917. The van der Waals surface area contributed by atoms with Gasteiger partial charge >= 0.3 is 0 Å². The zero-order valence-electron chi connectivity index (χ0n) is 19.2. The molecular weight excluding hydrogens is 440 g/mol. The molecule has 0 spiro atoms. The number of fused-ring (bicyclic) bond motifs is 1. The molecule has 1 aromatic heterocycles. The molecule has 1 aromatic carbocycles. The minimum absolute atomic E-state index is 0.129. The molecule has 0 radical (unpaired) electrons. The molecule has 8 nitrogen and oxygen atoms in total. The quantitative estimate of drug-likeness (QED) is 0.643. The number of hydrogen-bond donors (Lipinski definition) is 2. The molecule has 3 heterocycles. The van der Waals surface area contributed by atoms with E-state index in [0.29, 0.717) is 34.6 Å². The van der Waals surface area contributed by atoms with E-state index in [-0.39, 0.29) is 11.9 Å². The summed E-state index contributed by atoms with van der Waals surface area (Å²) in [5, 5.41) is 7.10. The van der Waals surface area contributed by atoms with E-state index >= 15 is 0 Å². The van der Waals surface area contributed by atoms with Gasteiger partial charge in [-0.2, -0.15) is 4.98 Å². The number of halogens is 1. The molecule has 2 atom stereocenters. The van der Waals surface area contributed by atoms with Crippen molar-refractivity contribution in [1.29, 1.82) is 0 Å². The van der Waals surface area contributed by atoms with Gasteiger partial charge in [-0.15, -0.1) is 0 Å². The monoisotopic (exact) mass is 470 g/mol. The predicted octanol–water partition coefficient (Wildman–Crippen LogP) is 3.03. The topological polar surface area (TPSA) is 82.6 Å². The van der Waals surface area contributed by atoms with E-state index in [9.17, 15) is 4.79 Å². The Labute approximate surface area is 199 Å². The molecule has 1 aliphatic carbocycles. The molecule has 176 valence electrons. The Morgan fingerprint density at radius 2 is 2.00 bits per heavy atom.